The van der Waals surface area contributed by atoms with Crippen LogP contribution in [0.15, 0.2) is 61.1 Å². The molecule has 29 heavy (non-hydrogen) atoms. The summed E-state index contributed by atoms with van der Waals surface area (Å²) in [5.41, 5.74) is 4.68. The van der Waals surface area contributed by atoms with E-state index < -0.39 is 6.10 Å². The maximum absolute atomic E-state index is 12.4. The van der Waals surface area contributed by atoms with Crippen molar-refractivity contribution in [2.75, 3.05) is 7.11 Å². The predicted molar refractivity (Wildman–Crippen MR) is 111 cm³/mol. The molecule has 6 nitrogen and oxygen atoms in total. The molecule has 148 valence electrons. The molecular formula is C23H23N3O3. The number of methoxy groups -OCH3 is 1. The molecule has 1 amide bonds. The van der Waals surface area contributed by atoms with Gasteiger partial charge in [0, 0.05) is 18.7 Å². The molecule has 0 spiro atoms. The third-order valence-corrected chi connectivity index (χ3v) is 5.12. The van der Waals surface area contributed by atoms with Gasteiger partial charge in [-0.25, -0.2) is 4.98 Å². The maximum Gasteiger partial charge on any atom is 0.244 e. The highest BCUT2D eigenvalue weighted by Crippen LogP contribution is 2.31. The van der Waals surface area contributed by atoms with Crippen molar-refractivity contribution in [2.24, 2.45) is 0 Å². The molecule has 0 bridgehead atoms. The Labute approximate surface area is 169 Å². The average Bonchev–Trinajstić information content (AvgIpc) is 3.29. The number of imidazole rings is 1. The van der Waals surface area contributed by atoms with E-state index in [1.54, 1.807) is 19.5 Å². The van der Waals surface area contributed by atoms with E-state index >= 15 is 0 Å². The number of aromatic nitrogens is 2. The van der Waals surface area contributed by atoms with Crippen molar-refractivity contribution in [2.45, 2.75) is 25.5 Å². The van der Waals surface area contributed by atoms with Crippen LogP contribution in [0.4, 0.5) is 0 Å². The normalized spacial score (nSPS) is 18.0. The quantitative estimate of drug-likeness (QED) is 0.658. The zero-order valence-electron chi connectivity index (χ0n) is 16.4. The van der Waals surface area contributed by atoms with Crippen LogP contribution in [0, 0.1) is 6.92 Å². The highest BCUT2D eigenvalue weighted by atomic mass is 16.5. The zero-order chi connectivity index (χ0) is 20.4. The van der Waals surface area contributed by atoms with Crippen LogP contribution in [0.25, 0.3) is 11.8 Å². The molecule has 2 N–H and O–H groups in total. The number of ether oxygens (including phenoxy) is 1. The van der Waals surface area contributed by atoms with E-state index in [2.05, 4.69) is 10.3 Å². The molecule has 1 heterocycles. The van der Waals surface area contributed by atoms with Crippen molar-refractivity contribution in [3.8, 4) is 11.4 Å². The Morgan fingerprint density at radius 3 is 2.90 bits per heavy atom. The number of nitrogens with one attached hydrogen (secondary N) is 1. The lowest BCUT2D eigenvalue weighted by Gasteiger charge is -2.16. The molecule has 0 saturated carbocycles. The molecule has 3 aromatic rings. The number of aryl methyl sites for hydroxylation is 1. The van der Waals surface area contributed by atoms with Crippen molar-refractivity contribution in [3.05, 3.63) is 83.4 Å². The summed E-state index contributed by atoms with van der Waals surface area (Å²) in [7, 11) is 1.61. The lowest BCUT2D eigenvalue weighted by Crippen LogP contribution is -2.32. The minimum absolute atomic E-state index is 0.251. The first-order chi connectivity index (χ1) is 14.0. The second-order valence-corrected chi connectivity index (χ2v) is 7.14. The van der Waals surface area contributed by atoms with E-state index in [-0.39, 0.29) is 11.9 Å². The fourth-order valence-electron chi connectivity index (χ4n) is 3.69. The molecule has 1 aliphatic carbocycles. The SMILES string of the molecule is COc1cc(C=CC(=O)N[C@H]2c3ccccc3C[C@H]2O)ccc1-n1cnc(C)c1. The van der Waals surface area contributed by atoms with Gasteiger partial charge in [-0.15, -0.1) is 0 Å². The smallest absolute Gasteiger partial charge is 0.244 e. The average molecular weight is 389 g/mol. The molecule has 4 rings (SSSR count). The topological polar surface area (TPSA) is 76.4 Å². The van der Waals surface area contributed by atoms with E-state index in [0.29, 0.717) is 12.2 Å². The summed E-state index contributed by atoms with van der Waals surface area (Å²) in [6.07, 6.45) is 6.81. The van der Waals surface area contributed by atoms with Gasteiger partial charge in [0.2, 0.25) is 5.91 Å². The van der Waals surface area contributed by atoms with Crippen LogP contribution >= 0.6 is 0 Å². The first kappa shape index (κ1) is 19.0. The van der Waals surface area contributed by atoms with Crippen LogP contribution in [0.5, 0.6) is 5.75 Å². The summed E-state index contributed by atoms with van der Waals surface area (Å²) in [5, 5.41) is 13.2. The summed E-state index contributed by atoms with van der Waals surface area (Å²) in [5.74, 6) is 0.434. The van der Waals surface area contributed by atoms with Crippen molar-refractivity contribution in [1.82, 2.24) is 14.9 Å². The lowest BCUT2D eigenvalue weighted by atomic mass is 10.1. The van der Waals surface area contributed by atoms with Gasteiger partial charge in [0.1, 0.15) is 5.75 Å². The van der Waals surface area contributed by atoms with Gasteiger partial charge >= 0.3 is 0 Å². The van der Waals surface area contributed by atoms with Crippen molar-refractivity contribution >= 4 is 12.0 Å². The number of fused-ring (bicyclic) bond motifs is 1. The van der Waals surface area contributed by atoms with E-state index in [4.69, 9.17) is 4.74 Å². The summed E-state index contributed by atoms with van der Waals surface area (Å²) in [6.45, 7) is 1.93. The molecular weight excluding hydrogens is 366 g/mol. The molecule has 1 aliphatic rings. The highest BCUT2D eigenvalue weighted by Gasteiger charge is 2.31. The van der Waals surface area contributed by atoms with Gasteiger partial charge in [-0.05, 0) is 41.8 Å². The standard InChI is InChI=1S/C23H23N3O3/c1-15-13-26(14-24-15)19-9-7-16(11-21(19)29-2)8-10-22(28)25-23-18-6-4-3-5-17(18)12-20(23)27/h3-11,13-14,20,23,27H,12H2,1-2H3,(H,25,28)/t20-,23+/m1/s1. The molecule has 0 fully saturated rings. The van der Waals surface area contributed by atoms with Gasteiger partial charge in [0.15, 0.2) is 0 Å². The number of carbonyl (C=O) groups excluding carboxylic acids is 1. The van der Waals surface area contributed by atoms with Crippen LogP contribution in [0.2, 0.25) is 0 Å². The Balaban J connectivity index is 1.48. The van der Waals surface area contributed by atoms with E-state index in [9.17, 15) is 9.90 Å². The van der Waals surface area contributed by atoms with Crippen molar-refractivity contribution < 1.29 is 14.6 Å². The van der Waals surface area contributed by atoms with Crippen molar-refractivity contribution in [3.63, 3.8) is 0 Å². The number of nitrogens with zero attached hydrogens (tertiary/aromatic N) is 2. The third kappa shape index (κ3) is 3.93. The number of aliphatic hydroxyl groups is 1. The molecule has 2 aromatic carbocycles. The molecule has 1 aromatic heterocycles. The molecule has 2 atom stereocenters. The fourth-order valence-corrected chi connectivity index (χ4v) is 3.69. The number of amides is 1. The number of carbonyl (C=O) groups is 1. The largest absolute Gasteiger partial charge is 0.495 e. The minimum Gasteiger partial charge on any atom is -0.495 e. The fraction of sp³-hybridized carbons (Fsp3) is 0.217. The van der Waals surface area contributed by atoms with Crippen LogP contribution in [0.3, 0.4) is 0 Å². The first-order valence-corrected chi connectivity index (χ1v) is 9.48. The number of hydrogen-bond acceptors (Lipinski definition) is 4. The van der Waals surface area contributed by atoms with Crippen LogP contribution in [-0.2, 0) is 11.2 Å². The number of aliphatic hydroxyl groups excluding tert-OH is 1. The number of benzene rings is 2. The van der Waals surface area contributed by atoms with E-state index in [1.807, 2.05) is 60.2 Å². The second-order valence-electron chi connectivity index (χ2n) is 7.14. The molecule has 0 unspecified atom stereocenters. The Hall–Kier alpha value is -3.38. The Kier molecular flexibility index (Phi) is 5.18. The monoisotopic (exact) mass is 389 g/mol. The van der Waals surface area contributed by atoms with Gasteiger partial charge in [-0.2, -0.15) is 0 Å². The molecule has 0 saturated heterocycles. The van der Waals surface area contributed by atoms with E-state index in [0.717, 1.165) is 28.1 Å². The van der Waals surface area contributed by atoms with Crippen LogP contribution in [0.1, 0.15) is 28.4 Å². The van der Waals surface area contributed by atoms with Gasteiger partial charge < -0.3 is 19.7 Å². The minimum atomic E-state index is -0.609. The Morgan fingerprint density at radius 1 is 1.31 bits per heavy atom. The molecule has 0 aliphatic heterocycles. The summed E-state index contributed by atoms with van der Waals surface area (Å²) in [4.78, 5) is 16.7. The van der Waals surface area contributed by atoms with E-state index in [1.165, 1.54) is 6.08 Å². The summed E-state index contributed by atoms with van der Waals surface area (Å²) in [6, 6.07) is 13.1. The number of hydrogen-bond donors (Lipinski definition) is 2. The maximum atomic E-state index is 12.4. The molecule has 6 heteroatoms. The summed E-state index contributed by atoms with van der Waals surface area (Å²) < 4.78 is 7.40. The molecule has 0 radical (unpaired) electrons. The Morgan fingerprint density at radius 2 is 2.14 bits per heavy atom. The van der Waals surface area contributed by atoms with Gasteiger partial charge in [-0.1, -0.05) is 30.3 Å². The van der Waals surface area contributed by atoms with Gasteiger partial charge in [0.05, 0.1) is 37.0 Å². The lowest BCUT2D eigenvalue weighted by molar-refractivity contribution is -0.117. The van der Waals surface area contributed by atoms with Crippen LogP contribution < -0.4 is 10.1 Å². The van der Waals surface area contributed by atoms with Gasteiger partial charge in [-0.3, -0.25) is 4.79 Å². The van der Waals surface area contributed by atoms with Gasteiger partial charge in [0.25, 0.3) is 0 Å². The summed E-state index contributed by atoms with van der Waals surface area (Å²) >= 11 is 0. The van der Waals surface area contributed by atoms with Crippen LogP contribution in [-0.4, -0.2) is 33.8 Å². The first-order valence-electron chi connectivity index (χ1n) is 9.48. The second kappa shape index (κ2) is 7.93. The third-order valence-electron chi connectivity index (χ3n) is 5.12. The predicted octanol–water partition coefficient (Wildman–Crippen LogP) is 2.98. The number of rotatable bonds is 5. The van der Waals surface area contributed by atoms with Crippen molar-refractivity contribution in [1.29, 1.82) is 0 Å². The Bertz CT molecular complexity index is 1070. The highest BCUT2D eigenvalue weighted by molar-refractivity contribution is 5.92. The zero-order valence-corrected chi connectivity index (χ0v) is 16.4.